The van der Waals surface area contributed by atoms with Crippen LogP contribution in [0.25, 0.3) is 27.8 Å². The topological polar surface area (TPSA) is 94.5 Å². The first-order valence-corrected chi connectivity index (χ1v) is 8.06. The van der Waals surface area contributed by atoms with Crippen LogP contribution >= 0.6 is 23.2 Å². The van der Waals surface area contributed by atoms with Gasteiger partial charge in [0, 0.05) is 25.0 Å². The molecule has 3 aromatic heterocycles. The van der Waals surface area contributed by atoms with Crippen molar-refractivity contribution in [3.8, 4) is 16.9 Å². The maximum absolute atomic E-state index is 13.0. The summed E-state index contributed by atoms with van der Waals surface area (Å²) in [6.45, 7) is 0. The highest BCUT2D eigenvalue weighted by Crippen LogP contribution is 2.31. The lowest BCUT2D eigenvalue weighted by molar-refractivity contribution is 0.770. The van der Waals surface area contributed by atoms with Crippen molar-refractivity contribution in [1.29, 1.82) is 0 Å². The van der Waals surface area contributed by atoms with Crippen molar-refractivity contribution >= 4 is 39.9 Å². The van der Waals surface area contributed by atoms with Crippen LogP contribution in [0, 0.1) is 0 Å². The first kappa shape index (κ1) is 15.7. The molecule has 1 aromatic carbocycles. The number of fused-ring (bicyclic) bond motifs is 1. The van der Waals surface area contributed by atoms with Crippen LogP contribution in [0.15, 0.2) is 41.5 Å². The summed E-state index contributed by atoms with van der Waals surface area (Å²) in [6, 6.07) is 6.87. The predicted octanol–water partition coefficient (Wildman–Crippen LogP) is 3.00. The van der Waals surface area contributed by atoms with Gasteiger partial charge in [-0.25, -0.2) is 0 Å². The van der Waals surface area contributed by atoms with E-state index < -0.39 is 0 Å². The minimum atomic E-state index is -0.365. The number of halogens is 2. The molecule has 0 unspecified atom stereocenters. The molecule has 0 saturated heterocycles. The van der Waals surface area contributed by atoms with Gasteiger partial charge in [-0.2, -0.15) is 10.2 Å². The van der Waals surface area contributed by atoms with Crippen molar-refractivity contribution in [2.24, 2.45) is 7.05 Å². The smallest absolute Gasteiger partial charge is 0.268 e. The minimum Gasteiger partial charge on any atom is -0.382 e. The summed E-state index contributed by atoms with van der Waals surface area (Å²) in [5.74, 6) is 0.106. The van der Waals surface area contributed by atoms with Crippen LogP contribution in [0.4, 0.5) is 5.82 Å². The third-order valence-corrected chi connectivity index (χ3v) is 4.53. The molecule has 9 heteroatoms. The van der Waals surface area contributed by atoms with E-state index in [0.717, 1.165) is 0 Å². The molecule has 0 bridgehead atoms. The van der Waals surface area contributed by atoms with Gasteiger partial charge in [-0.3, -0.25) is 19.1 Å². The number of nitrogens with one attached hydrogen (secondary N) is 1. The summed E-state index contributed by atoms with van der Waals surface area (Å²) in [5.41, 5.74) is 7.76. The van der Waals surface area contributed by atoms with E-state index in [4.69, 9.17) is 28.9 Å². The second-order valence-electron chi connectivity index (χ2n) is 5.52. The fourth-order valence-electron chi connectivity index (χ4n) is 2.78. The Morgan fingerprint density at radius 2 is 1.92 bits per heavy atom. The standard InChI is InChI=1S/C16H12Cl2N6O/c1-23-6-5-11(22-23)8-7-24(14-9(17)3-2-4-10(14)18)16(25)12-13(8)20-21-15(12)19/h2-7H,1H3,(H3,19,20,21). The van der Waals surface area contributed by atoms with Crippen LogP contribution in [-0.2, 0) is 7.05 Å². The van der Waals surface area contributed by atoms with Gasteiger partial charge in [0.05, 0.1) is 26.9 Å². The Morgan fingerprint density at radius 1 is 1.20 bits per heavy atom. The normalized spacial score (nSPS) is 11.3. The number of aryl methyl sites for hydroxylation is 1. The Kier molecular flexibility index (Phi) is 3.55. The largest absolute Gasteiger partial charge is 0.382 e. The van der Waals surface area contributed by atoms with Gasteiger partial charge in [0.2, 0.25) is 0 Å². The summed E-state index contributed by atoms with van der Waals surface area (Å²) >= 11 is 12.6. The molecular weight excluding hydrogens is 363 g/mol. The number of nitrogens with two attached hydrogens (primary N) is 1. The number of pyridine rings is 1. The van der Waals surface area contributed by atoms with Crippen LogP contribution in [0.1, 0.15) is 0 Å². The maximum atomic E-state index is 13.0. The number of aromatic amines is 1. The molecule has 0 aliphatic rings. The average Bonchev–Trinajstić information content (AvgIpc) is 3.16. The van der Waals surface area contributed by atoms with Crippen LogP contribution in [0.2, 0.25) is 10.0 Å². The summed E-state index contributed by atoms with van der Waals surface area (Å²) in [6.07, 6.45) is 3.44. The molecule has 0 atom stereocenters. The van der Waals surface area contributed by atoms with Crippen LogP contribution < -0.4 is 11.3 Å². The SMILES string of the molecule is Cn1ccc(-c2cn(-c3c(Cl)cccc3Cl)c(=O)c3c(N)n[nH]c23)n1. The third-order valence-electron chi connectivity index (χ3n) is 3.92. The fraction of sp³-hybridized carbons (Fsp3) is 0.0625. The molecular formula is C16H12Cl2N6O. The van der Waals surface area contributed by atoms with Crippen molar-refractivity contribution in [1.82, 2.24) is 24.5 Å². The van der Waals surface area contributed by atoms with Crippen molar-refractivity contribution in [3.05, 3.63) is 57.1 Å². The van der Waals surface area contributed by atoms with Crippen molar-refractivity contribution in [3.63, 3.8) is 0 Å². The van der Waals surface area contributed by atoms with Crippen molar-refractivity contribution in [2.45, 2.75) is 0 Å². The first-order chi connectivity index (χ1) is 12.0. The Morgan fingerprint density at radius 3 is 2.56 bits per heavy atom. The average molecular weight is 375 g/mol. The van der Waals surface area contributed by atoms with E-state index >= 15 is 0 Å². The molecule has 3 N–H and O–H groups in total. The zero-order valence-electron chi connectivity index (χ0n) is 13.0. The Labute approximate surface area is 151 Å². The number of para-hydroxylation sites is 1. The lowest BCUT2D eigenvalue weighted by atomic mass is 10.1. The number of aromatic nitrogens is 5. The zero-order chi connectivity index (χ0) is 17.7. The number of H-pyrrole nitrogens is 1. The molecule has 126 valence electrons. The highest BCUT2D eigenvalue weighted by atomic mass is 35.5. The van der Waals surface area contributed by atoms with Gasteiger partial charge in [0.1, 0.15) is 5.39 Å². The van der Waals surface area contributed by atoms with Gasteiger partial charge < -0.3 is 5.73 Å². The molecule has 0 amide bonds. The molecule has 25 heavy (non-hydrogen) atoms. The Balaban J connectivity index is 2.15. The lowest BCUT2D eigenvalue weighted by Gasteiger charge is -2.12. The Bertz CT molecular complexity index is 1150. The molecule has 0 aliphatic heterocycles. The summed E-state index contributed by atoms with van der Waals surface area (Å²) in [7, 11) is 1.81. The van der Waals surface area contributed by atoms with Gasteiger partial charge in [-0.15, -0.1) is 0 Å². The van der Waals surface area contributed by atoms with Crippen LogP contribution in [-0.4, -0.2) is 24.5 Å². The molecule has 4 aromatic rings. The maximum Gasteiger partial charge on any atom is 0.268 e. The monoisotopic (exact) mass is 374 g/mol. The van der Waals surface area contributed by atoms with E-state index in [1.54, 1.807) is 35.3 Å². The number of nitrogen functional groups attached to an aromatic ring is 1. The van der Waals surface area contributed by atoms with E-state index in [1.165, 1.54) is 4.57 Å². The number of rotatable bonds is 2. The second-order valence-corrected chi connectivity index (χ2v) is 6.34. The van der Waals surface area contributed by atoms with Gasteiger partial charge in [0.25, 0.3) is 5.56 Å². The predicted molar refractivity (Wildman–Crippen MR) is 98.3 cm³/mol. The van der Waals surface area contributed by atoms with E-state index in [9.17, 15) is 4.79 Å². The molecule has 0 saturated carbocycles. The second kappa shape index (κ2) is 5.65. The number of hydrogen-bond acceptors (Lipinski definition) is 4. The van der Waals surface area contributed by atoms with E-state index in [-0.39, 0.29) is 16.8 Å². The lowest BCUT2D eigenvalue weighted by Crippen LogP contribution is -2.19. The van der Waals surface area contributed by atoms with E-state index in [1.807, 2.05) is 13.1 Å². The van der Waals surface area contributed by atoms with Crippen LogP contribution in [0.5, 0.6) is 0 Å². The quantitative estimate of drug-likeness (QED) is 0.563. The molecule has 0 aliphatic carbocycles. The summed E-state index contributed by atoms with van der Waals surface area (Å²) < 4.78 is 3.04. The fourth-order valence-corrected chi connectivity index (χ4v) is 3.36. The molecule has 0 fully saturated rings. The van der Waals surface area contributed by atoms with Gasteiger partial charge in [-0.05, 0) is 18.2 Å². The van der Waals surface area contributed by atoms with Gasteiger partial charge in [-0.1, -0.05) is 29.3 Å². The molecule has 3 heterocycles. The third kappa shape index (κ3) is 2.40. The number of benzene rings is 1. The van der Waals surface area contributed by atoms with Crippen molar-refractivity contribution < 1.29 is 0 Å². The number of hydrogen-bond donors (Lipinski definition) is 2. The molecule has 4 rings (SSSR count). The summed E-state index contributed by atoms with van der Waals surface area (Å²) in [5, 5.41) is 12.1. The van der Waals surface area contributed by atoms with E-state index in [2.05, 4.69) is 15.3 Å². The Hall–Kier alpha value is -2.77. The van der Waals surface area contributed by atoms with E-state index in [0.29, 0.717) is 32.5 Å². The van der Waals surface area contributed by atoms with Gasteiger partial charge >= 0.3 is 0 Å². The van der Waals surface area contributed by atoms with Crippen LogP contribution in [0.3, 0.4) is 0 Å². The first-order valence-electron chi connectivity index (χ1n) is 7.31. The highest BCUT2D eigenvalue weighted by molar-refractivity contribution is 6.37. The number of anilines is 1. The summed E-state index contributed by atoms with van der Waals surface area (Å²) in [4.78, 5) is 13.0. The number of nitrogens with zero attached hydrogens (tertiary/aromatic N) is 4. The molecule has 0 radical (unpaired) electrons. The zero-order valence-corrected chi connectivity index (χ0v) is 14.5. The van der Waals surface area contributed by atoms with Crippen molar-refractivity contribution in [2.75, 3.05) is 5.73 Å². The van der Waals surface area contributed by atoms with Gasteiger partial charge in [0.15, 0.2) is 5.82 Å². The molecule has 0 spiro atoms. The minimum absolute atomic E-state index is 0.106. The molecule has 7 nitrogen and oxygen atoms in total. The highest BCUT2D eigenvalue weighted by Gasteiger charge is 2.20.